The molecular formula is C16H17NO5. The van der Waals surface area contributed by atoms with E-state index in [4.69, 9.17) is 19.6 Å². The summed E-state index contributed by atoms with van der Waals surface area (Å²) in [6.07, 6.45) is 3.25. The molecule has 1 aromatic rings. The van der Waals surface area contributed by atoms with E-state index in [0.717, 1.165) is 0 Å². The smallest absolute Gasteiger partial charge is 0.288 e. The number of ketones is 1. The number of nitrogens with two attached hydrogens (primary N) is 1. The van der Waals surface area contributed by atoms with Gasteiger partial charge in [0.15, 0.2) is 11.5 Å². The van der Waals surface area contributed by atoms with E-state index in [1.54, 1.807) is 19.1 Å². The number of rotatable bonds is 4. The Hall–Kier alpha value is -2.50. The van der Waals surface area contributed by atoms with Crippen molar-refractivity contribution in [3.8, 4) is 0 Å². The van der Waals surface area contributed by atoms with E-state index >= 15 is 0 Å². The fourth-order valence-electron chi connectivity index (χ4n) is 2.90. The molecule has 2 aliphatic rings. The average molecular weight is 303 g/mol. The molecule has 0 saturated heterocycles. The molecule has 0 aromatic carbocycles. The molecule has 6 nitrogen and oxygen atoms in total. The molecule has 0 bridgehead atoms. The quantitative estimate of drug-likeness (QED) is 0.920. The maximum absolute atomic E-state index is 12.4. The molecule has 1 aromatic heterocycles. The number of hydrogen-bond acceptors (Lipinski definition) is 5. The van der Waals surface area contributed by atoms with Crippen molar-refractivity contribution >= 4 is 11.7 Å². The highest BCUT2D eigenvalue weighted by Gasteiger charge is 2.42. The van der Waals surface area contributed by atoms with E-state index in [-0.39, 0.29) is 17.3 Å². The molecule has 0 spiro atoms. The summed E-state index contributed by atoms with van der Waals surface area (Å²) < 4.78 is 16.7. The molecule has 0 radical (unpaired) electrons. The Bertz CT molecular complexity index is 669. The Balaban J connectivity index is 2.18. The van der Waals surface area contributed by atoms with E-state index in [1.807, 2.05) is 0 Å². The van der Waals surface area contributed by atoms with E-state index < -0.39 is 11.8 Å². The third kappa shape index (κ3) is 2.30. The number of furan rings is 1. The van der Waals surface area contributed by atoms with Gasteiger partial charge in [-0.05, 0) is 25.5 Å². The highest BCUT2D eigenvalue weighted by Crippen LogP contribution is 2.44. The van der Waals surface area contributed by atoms with Crippen molar-refractivity contribution in [2.45, 2.75) is 32.1 Å². The summed E-state index contributed by atoms with van der Waals surface area (Å²) in [5.74, 6) is -0.0687. The molecule has 2 N–H and O–H groups in total. The van der Waals surface area contributed by atoms with Gasteiger partial charge >= 0.3 is 0 Å². The Morgan fingerprint density at radius 3 is 2.91 bits per heavy atom. The fourth-order valence-corrected chi connectivity index (χ4v) is 2.90. The zero-order chi connectivity index (χ0) is 15.7. The normalized spacial score (nSPS) is 21.5. The maximum Gasteiger partial charge on any atom is 0.288 e. The maximum atomic E-state index is 12.4. The molecule has 0 saturated carbocycles. The zero-order valence-electron chi connectivity index (χ0n) is 12.3. The molecule has 22 heavy (non-hydrogen) atoms. The van der Waals surface area contributed by atoms with Crippen LogP contribution < -0.4 is 5.73 Å². The summed E-state index contributed by atoms with van der Waals surface area (Å²) >= 11 is 0. The number of Topliss-reactive ketones (excluding diaryl/α,β-unsaturated/α-hetero) is 1. The standard InChI is InChI=1S/C16H17NO5/c1-2-20-14-13(10-7-4-8-21-10)12-9(18)5-3-6-11(12)22-15(14)16(17)19/h4,7-8,13H,2-3,5-6H2,1H3,(H2,17,19). The molecule has 2 heterocycles. The second-order valence-electron chi connectivity index (χ2n) is 5.15. The number of carbonyl (C=O) groups excluding carboxylic acids is 2. The second kappa shape index (κ2) is 5.71. The van der Waals surface area contributed by atoms with Gasteiger partial charge in [0.25, 0.3) is 5.91 Å². The highest BCUT2D eigenvalue weighted by atomic mass is 16.5. The minimum atomic E-state index is -0.718. The molecular weight excluding hydrogens is 286 g/mol. The number of carbonyl (C=O) groups is 2. The van der Waals surface area contributed by atoms with Crippen molar-refractivity contribution in [2.24, 2.45) is 5.73 Å². The highest BCUT2D eigenvalue weighted by molar-refractivity contribution is 6.00. The predicted octanol–water partition coefficient (Wildman–Crippen LogP) is 2.13. The first-order valence-electron chi connectivity index (χ1n) is 7.27. The SMILES string of the molecule is CCOC1=C(C(N)=O)OC2=C(C(=O)CCC2)C1c1ccco1. The number of amides is 1. The van der Waals surface area contributed by atoms with Crippen LogP contribution in [0.5, 0.6) is 0 Å². The van der Waals surface area contributed by atoms with Crippen molar-refractivity contribution in [1.82, 2.24) is 0 Å². The lowest BCUT2D eigenvalue weighted by atomic mass is 9.82. The van der Waals surface area contributed by atoms with Gasteiger partial charge in [0, 0.05) is 12.8 Å². The zero-order valence-corrected chi connectivity index (χ0v) is 12.3. The van der Waals surface area contributed by atoms with Crippen molar-refractivity contribution in [3.05, 3.63) is 47.0 Å². The Morgan fingerprint density at radius 2 is 2.27 bits per heavy atom. The van der Waals surface area contributed by atoms with Gasteiger partial charge in [-0.3, -0.25) is 9.59 Å². The summed E-state index contributed by atoms with van der Waals surface area (Å²) in [4.78, 5) is 24.1. The summed E-state index contributed by atoms with van der Waals surface area (Å²) in [5.41, 5.74) is 5.93. The van der Waals surface area contributed by atoms with Gasteiger partial charge in [0.2, 0.25) is 5.76 Å². The van der Waals surface area contributed by atoms with Crippen LogP contribution in [-0.2, 0) is 19.1 Å². The van der Waals surface area contributed by atoms with Gasteiger partial charge in [-0.1, -0.05) is 0 Å². The van der Waals surface area contributed by atoms with Gasteiger partial charge in [-0.15, -0.1) is 0 Å². The van der Waals surface area contributed by atoms with Gasteiger partial charge in [0.05, 0.1) is 18.4 Å². The minimum Gasteiger partial charge on any atom is -0.493 e. The van der Waals surface area contributed by atoms with Crippen molar-refractivity contribution < 1.29 is 23.5 Å². The first kappa shape index (κ1) is 14.4. The Labute approximate surface area is 127 Å². The van der Waals surface area contributed by atoms with E-state index in [2.05, 4.69) is 0 Å². The van der Waals surface area contributed by atoms with Crippen LogP contribution in [0.25, 0.3) is 0 Å². The molecule has 6 heteroatoms. The molecule has 1 amide bonds. The van der Waals surface area contributed by atoms with Crippen LogP contribution in [0.1, 0.15) is 37.9 Å². The minimum absolute atomic E-state index is 0.0108. The molecule has 116 valence electrons. The third-order valence-corrected chi connectivity index (χ3v) is 3.76. The van der Waals surface area contributed by atoms with Crippen LogP contribution >= 0.6 is 0 Å². The number of ether oxygens (including phenoxy) is 2. The van der Waals surface area contributed by atoms with E-state index in [0.29, 0.717) is 43.0 Å². The number of hydrogen-bond donors (Lipinski definition) is 1. The third-order valence-electron chi connectivity index (χ3n) is 3.76. The van der Waals surface area contributed by atoms with Crippen LogP contribution in [0, 0.1) is 0 Å². The summed E-state index contributed by atoms with van der Waals surface area (Å²) in [5, 5.41) is 0. The lowest BCUT2D eigenvalue weighted by Crippen LogP contribution is -2.30. The Morgan fingerprint density at radius 1 is 1.45 bits per heavy atom. The monoisotopic (exact) mass is 303 g/mol. The first-order valence-corrected chi connectivity index (χ1v) is 7.27. The summed E-state index contributed by atoms with van der Waals surface area (Å²) in [6, 6.07) is 3.48. The van der Waals surface area contributed by atoms with Crippen LogP contribution in [0.15, 0.2) is 45.7 Å². The molecule has 1 unspecified atom stereocenters. The molecule has 3 rings (SSSR count). The number of allylic oxidation sites excluding steroid dienone is 2. The number of primary amides is 1. The lowest BCUT2D eigenvalue weighted by molar-refractivity contribution is -0.120. The van der Waals surface area contributed by atoms with Crippen LogP contribution in [-0.4, -0.2) is 18.3 Å². The van der Waals surface area contributed by atoms with Gasteiger partial charge in [-0.2, -0.15) is 0 Å². The average Bonchev–Trinajstić information content (AvgIpc) is 3.01. The van der Waals surface area contributed by atoms with Gasteiger partial charge in [-0.25, -0.2) is 0 Å². The molecule has 1 aliphatic heterocycles. The van der Waals surface area contributed by atoms with Crippen molar-refractivity contribution in [1.29, 1.82) is 0 Å². The van der Waals surface area contributed by atoms with E-state index in [9.17, 15) is 9.59 Å². The summed E-state index contributed by atoms with van der Waals surface area (Å²) in [6.45, 7) is 2.11. The van der Waals surface area contributed by atoms with Gasteiger partial charge in [0.1, 0.15) is 17.4 Å². The van der Waals surface area contributed by atoms with E-state index in [1.165, 1.54) is 6.26 Å². The predicted molar refractivity (Wildman–Crippen MR) is 76.3 cm³/mol. The topological polar surface area (TPSA) is 91.8 Å². The Kier molecular flexibility index (Phi) is 3.75. The molecule has 1 atom stereocenters. The van der Waals surface area contributed by atoms with Crippen LogP contribution in [0.2, 0.25) is 0 Å². The van der Waals surface area contributed by atoms with Crippen molar-refractivity contribution in [2.75, 3.05) is 6.61 Å². The van der Waals surface area contributed by atoms with Crippen LogP contribution in [0.3, 0.4) is 0 Å². The largest absolute Gasteiger partial charge is 0.493 e. The van der Waals surface area contributed by atoms with Crippen LogP contribution in [0.4, 0.5) is 0 Å². The fraction of sp³-hybridized carbons (Fsp3) is 0.375. The molecule has 0 fully saturated rings. The summed E-state index contributed by atoms with van der Waals surface area (Å²) in [7, 11) is 0. The van der Waals surface area contributed by atoms with Crippen molar-refractivity contribution in [3.63, 3.8) is 0 Å². The first-order chi connectivity index (χ1) is 10.6. The molecule has 1 aliphatic carbocycles. The van der Waals surface area contributed by atoms with Gasteiger partial charge < -0.3 is 19.6 Å². The lowest BCUT2D eigenvalue weighted by Gasteiger charge is -2.31. The second-order valence-corrected chi connectivity index (χ2v) is 5.15.